The molecule has 0 amide bonds. The molecule has 7 heteroatoms. The van der Waals surface area contributed by atoms with E-state index in [1.165, 1.54) is 6.33 Å². The minimum absolute atomic E-state index is 0.304. The predicted octanol–water partition coefficient (Wildman–Crippen LogP) is 4.04. The molecule has 0 spiro atoms. The molecule has 1 aliphatic heterocycles. The van der Waals surface area contributed by atoms with Gasteiger partial charge in [-0.3, -0.25) is 4.57 Å². The first-order valence-electron chi connectivity index (χ1n) is 8.92. The Balaban J connectivity index is 2.10. The molecule has 6 nitrogen and oxygen atoms in total. The maximum absolute atomic E-state index is 12.5. The standard InChI is InChI=1S/C20H19BrN4O2/c1-4-12-6-13(21)7-16-17(12)18-15(8-14-9-22-11(3)25(14)16)19(24-10-23-18)20(26)27-5-2/h6-7,9-10H,4-5,8H2,1-3H3. The van der Waals surface area contributed by atoms with Crippen molar-refractivity contribution < 1.29 is 9.53 Å². The lowest BCUT2D eigenvalue weighted by atomic mass is 9.95. The summed E-state index contributed by atoms with van der Waals surface area (Å²) in [6.07, 6.45) is 4.65. The Morgan fingerprint density at radius 1 is 1.26 bits per heavy atom. The zero-order valence-corrected chi connectivity index (χ0v) is 17.0. The molecule has 0 N–H and O–H groups in total. The molecule has 0 atom stereocenters. The number of esters is 1. The largest absolute Gasteiger partial charge is 0.461 e. The minimum atomic E-state index is -0.419. The fourth-order valence-electron chi connectivity index (χ4n) is 3.67. The lowest BCUT2D eigenvalue weighted by molar-refractivity contribution is 0.0518. The van der Waals surface area contributed by atoms with E-state index in [-0.39, 0.29) is 0 Å². The average Bonchev–Trinajstić information content (AvgIpc) is 2.94. The maximum atomic E-state index is 12.5. The van der Waals surface area contributed by atoms with Gasteiger partial charge in [-0.15, -0.1) is 0 Å². The highest BCUT2D eigenvalue weighted by atomic mass is 79.9. The number of imidazole rings is 1. The van der Waals surface area contributed by atoms with Crippen LogP contribution in [0.15, 0.2) is 29.1 Å². The molecule has 138 valence electrons. The predicted molar refractivity (Wildman–Crippen MR) is 105 cm³/mol. The normalized spacial score (nSPS) is 12.0. The van der Waals surface area contributed by atoms with Crippen molar-refractivity contribution in [1.82, 2.24) is 19.5 Å². The molecule has 1 aliphatic rings. The third-order valence-corrected chi connectivity index (χ3v) is 5.26. The van der Waals surface area contributed by atoms with E-state index in [2.05, 4.69) is 54.5 Å². The van der Waals surface area contributed by atoms with Crippen LogP contribution < -0.4 is 0 Å². The monoisotopic (exact) mass is 426 g/mol. The molecule has 1 aromatic carbocycles. The summed E-state index contributed by atoms with van der Waals surface area (Å²) >= 11 is 3.63. The van der Waals surface area contributed by atoms with Crippen molar-refractivity contribution in [3.63, 3.8) is 0 Å². The van der Waals surface area contributed by atoms with E-state index in [1.54, 1.807) is 6.92 Å². The van der Waals surface area contributed by atoms with E-state index in [4.69, 9.17) is 4.74 Å². The number of carbonyl (C=O) groups excluding carboxylic acids is 1. The summed E-state index contributed by atoms with van der Waals surface area (Å²) in [4.78, 5) is 25.9. The van der Waals surface area contributed by atoms with Crippen molar-refractivity contribution in [2.24, 2.45) is 0 Å². The third-order valence-electron chi connectivity index (χ3n) is 4.81. The summed E-state index contributed by atoms with van der Waals surface area (Å²) < 4.78 is 8.37. The second kappa shape index (κ2) is 6.88. The molecule has 0 bridgehead atoms. The number of hydrogen-bond acceptors (Lipinski definition) is 5. The van der Waals surface area contributed by atoms with Gasteiger partial charge in [-0.05, 0) is 38.0 Å². The molecule has 0 saturated heterocycles. The number of benzene rings is 1. The highest BCUT2D eigenvalue weighted by Gasteiger charge is 2.28. The molecule has 3 heterocycles. The number of rotatable bonds is 3. The minimum Gasteiger partial charge on any atom is -0.461 e. The number of aryl methyl sites for hydroxylation is 2. The third kappa shape index (κ3) is 2.86. The molecular formula is C20H19BrN4O2. The summed E-state index contributed by atoms with van der Waals surface area (Å²) in [6.45, 7) is 6.19. The van der Waals surface area contributed by atoms with E-state index < -0.39 is 5.97 Å². The van der Waals surface area contributed by atoms with Crippen LogP contribution >= 0.6 is 15.9 Å². The molecule has 0 aliphatic carbocycles. The van der Waals surface area contributed by atoms with Gasteiger partial charge >= 0.3 is 5.97 Å². The van der Waals surface area contributed by atoms with E-state index in [9.17, 15) is 4.79 Å². The van der Waals surface area contributed by atoms with Crippen molar-refractivity contribution >= 4 is 21.9 Å². The van der Waals surface area contributed by atoms with Gasteiger partial charge in [-0.1, -0.05) is 22.9 Å². The Kier molecular flexibility index (Phi) is 4.55. The maximum Gasteiger partial charge on any atom is 0.357 e. The van der Waals surface area contributed by atoms with Crippen LogP contribution in [0.2, 0.25) is 0 Å². The van der Waals surface area contributed by atoms with Gasteiger partial charge in [0, 0.05) is 33.9 Å². The number of halogens is 1. The molecule has 0 unspecified atom stereocenters. The topological polar surface area (TPSA) is 69.9 Å². The van der Waals surface area contributed by atoms with Gasteiger partial charge in [0.05, 0.1) is 18.0 Å². The van der Waals surface area contributed by atoms with Crippen LogP contribution in [0, 0.1) is 6.92 Å². The fraction of sp³-hybridized carbons (Fsp3) is 0.300. The van der Waals surface area contributed by atoms with E-state index >= 15 is 0 Å². The highest BCUT2D eigenvalue weighted by molar-refractivity contribution is 9.10. The molecule has 27 heavy (non-hydrogen) atoms. The Bertz CT molecular complexity index is 1060. The highest BCUT2D eigenvalue weighted by Crippen LogP contribution is 2.39. The number of ether oxygens (including phenoxy) is 1. The van der Waals surface area contributed by atoms with Crippen LogP contribution in [0.3, 0.4) is 0 Å². The molecule has 4 rings (SSSR count). The Morgan fingerprint density at radius 2 is 2.07 bits per heavy atom. The van der Waals surface area contributed by atoms with Crippen LogP contribution in [0.5, 0.6) is 0 Å². The van der Waals surface area contributed by atoms with Gasteiger partial charge < -0.3 is 4.74 Å². The summed E-state index contributed by atoms with van der Waals surface area (Å²) in [7, 11) is 0. The van der Waals surface area contributed by atoms with Gasteiger partial charge in [0.15, 0.2) is 5.69 Å². The zero-order chi connectivity index (χ0) is 19.1. The van der Waals surface area contributed by atoms with E-state index in [0.29, 0.717) is 18.7 Å². The van der Waals surface area contributed by atoms with Crippen LogP contribution in [0.1, 0.15) is 47.0 Å². The lowest BCUT2D eigenvalue weighted by Crippen LogP contribution is -2.13. The number of aromatic nitrogens is 4. The SMILES string of the molecule is CCOC(=O)c1ncnc2c1Cc1cnc(C)n1-c1cc(Br)cc(CC)c1-2. The van der Waals surface area contributed by atoms with Crippen LogP contribution in [0.25, 0.3) is 16.9 Å². The van der Waals surface area contributed by atoms with Crippen molar-refractivity contribution in [3.8, 4) is 16.9 Å². The Labute approximate surface area is 165 Å². The van der Waals surface area contributed by atoms with Gasteiger partial charge in [0.1, 0.15) is 12.2 Å². The first-order chi connectivity index (χ1) is 13.0. The fourth-order valence-corrected chi connectivity index (χ4v) is 4.17. The van der Waals surface area contributed by atoms with Gasteiger partial charge in [-0.25, -0.2) is 19.7 Å². The lowest BCUT2D eigenvalue weighted by Gasteiger charge is -2.16. The van der Waals surface area contributed by atoms with Crippen LogP contribution in [-0.4, -0.2) is 32.1 Å². The number of hydrogen-bond donors (Lipinski definition) is 0. The summed E-state index contributed by atoms with van der Waals surface area (Å²) in [6, 6.07) is 4.18. The van der Waals surface area contributed by atoms with Crippen molar-refractivity contribution in [1.29, 1.82) is 0 Å². The van der Waals surface area contributed by atoms with Crippen LogP contribution in [-0.2, 0) is 17.6 Å². The van der Waals surface area contributed by atoms with E-state index in [1.807, 2.05) is 13.1 Å². The van der Waals surface area contributed by atoms with Crippen molar-refractivity contribution in [2.75, 3.05) is 6.61 Å². The number of fused-ring (bicyclic) bond motifs is 5. The molecule has 0 saturated carbocycles. The number of carbonyl (C=O) groups is 1. The first kappa shape index (κ1) is 17.9. The van der Waals surface area contributed by atoms with Crippen molar-refractivity contribution in [3.05, 3.63) is 57.5 Å². The average molecular weight is 427 g/mol. The van der Waals surface area contributed by atoms with Crippen LogP contribution in [0.4, 0.5) is 0 Å². The summed E-state index contributed by atoms with van der Waals surface area (Å²) in [5.41, 5.74) is 6.07. The molecule has 0 radical (unpaired) electrons. The summed E-state index contributed by atoms with van der Waals surface area (Å²) in [5.74, 6) is 0.474. The Morgan fingerprint density at radius 3 is 2.81 bits per heavy atom. The molecule has 3 aromatic rings. The second-order valence-corrected chi connectivity index (χ2v) is 7.31. The zero-order valence-electron chi connectivity index (χ0n) is 15.4. The summed E-state index contributed by atoms with van der Waals surface area (Å²) in [5, 5.41) is 0. The Hall–Kier alpha value is -2.54. The first-order valence-corrected chi connectivity index (χ1v) is 9.71. The smallest absolute Gasteiger partial charge is 0.357 e. The van der Waals surface area contributed by atoms with Crippen molar-refractivity contribution in [2.45, 2.75) is 33.6 Å². The number of nitrogens with zero attached hydrogens (tertiary/aromatic N) is 4. The second-order valence-electron chi connectivity index (χ2n) is 6.39. The van der Waals surface area contributed by atoms with Gasteiger partial charge in [0.2, 0.25) is 0 Å². The quantitative estimate of drug-likeness (QED) is 0.462. The molecule has 2 aromatic heterocycles. The van der Waals surface area contributed by atoms with E-state index in [0.717, 1.165) is 50.5 Å². The molecule has 0 fully saturated rings. The molecular weight excluding hydrogens is 408 g/mol. The van der Waals surface area contributed by atoms with Gasteiger partial charge in [-0.2, -0.15) is 0 Å². The van der Waals surface area contributed by atoms with Gasteiger partial charge in [0.25, 0.3) is 0 Å².